The first kappa shape index (κ1) is 23.7. The summed E-state index contributed by atoms with van der Waals surface area (Å²) in [5, 5.41) is 9.04. The summed E-state index contributed by atoms with van der Waals surface area (Å²) in [7, 11) is 1.47. The van der Waals surface area contributed by atoms with E-state index >= 15 is 0 Å². The summed E-state index contributed by atoms with van der Waals surface area (Å²) in [5.41, 5.74) is 3.44. The van der Waals surface area contributed by atoms with Crippen molar-refractivity contribution in [3.05, 3.63) is 54.1 Å². The highest BCUT2D eigenvalue weighted by Crippen LogP contribution is 2.27. The molecule has 10 heteroatoms. The van der Waals surface area contributed by atoms with Crippen LogP contribution in [0.15, 0.2) is 53.6 Å². The van der Waals surface area contributed by atoms with E-state index in [-0.39, 0.29) is 25.2 Å². The van der Waals surface area contributed by atoms with E-state index in [9.17, 15) is 14.4 Å². The second kappa shape index (κ2) is 12.2. The summed E-state index contributed by atoms with van der Waals surface area (Å²) in [5.74, 6) is -1.21. The number of ether oxygens (including phenoxy) is 3. The first-order chi connectivity index (χ1) is 16.0. The van der Waals surface area contributed by atoms with Gasteiger partial charge in [0.25, 0.3) is 5.91 Å². The molecule has 1 heterocycles. The largest absolute Gasteiger partial charge is 0.493 e. The smallest absolute Gasteiger partial charge is 0.329 e. The van der Waals surface area contributed by atoms with Gasteiger partial charge in [-0.15, -0.1) is 0 Å². The molecular weight excluding hydrogens is 428 g/mol. The minimum atomic E-state index is -0.874. The first-order valence-corrected chi connectivity index (χ1v) is 10.4. The lowest BCUT2D eigenvalue weighted by Gasteiger charge is -2.11. The Hall–Kier alpha value is -3.92. The minimum absolute atomic E-state index is 0.0529. The third kappa shape index (κ3) is 7.62. The highest BCUT2D eigenvalue weighted by Gasteiger charge is 2.19. The molecule has 0 saturated carbocycles. The molecule has 10 nitrogen and oxygen atoms in total. The van der Waals surface area contributed by atoms with E-state index in [2.05, 4.69) is 21.2 Å². The SMILES string of the molecule is COc1cc(/C=N\NC(=O)C(=O)NC[C@H]2CCCO2)ccc1OCC(=O)Nc1ccccc1. The summed E-state index contributed by atoms with van der Waals surface area (Å²) in [6, 6.07) is 14.0. The number of nitrogens with zero attached hydrogens (tertiary/aromatic N) is 1. The number of carbonyl (C=O) groups is 3. The highest BCUT2D eigenvalue weighted by molar-refractivity contribution is 6.35. The van der Waals surface area contributed by atoms with Crippen LogP contribution in [-0.2, 0) is 19.1 Å². The van der Waals surface area contributed by atoms with Crippen molar-refractivity contribution < 1.29 is 28.6 Å². The molecule has 1 saturated heterocycles. The standard InChI is InChI=1S/C23H26N4O6/c1-31-20-12-16(13-25-27-23(30)22(29)24-14-18-8-5-11-32-18)9-10-19(20)33-15-21(28)26-17-6-3-2-4-7-17/h2-4,6-7,9-10,12-13,18H,5,8,11,14-15H2,1H3,(H,24,29)(H,26,28)(H,27,30)/b25-13-/t18-/m1/s1. The van der Waals surface area contributed by atoms with Crippen LogP contribution in [0.1, 0.15) is 18.4 Å². The Morgan fingerprint density at radius 3 is 2.67 bits per heavy atom. The van der Waals surface area contributed by atoms with Gasteiger partial charge >= 0.3 is 11.8 Å². The zero-order valence-corrected chi connectivity index (χ0v) is 18.2. The number of benzene rings is 2. The number of hydrogen-bond donors (Lipinski definition) is 3. The van der Waals surface area contributed by atoms with E-state index in [4.69, 9.17) is 14.2 Å². The van der Waals surface area contributed by atoms with E-state index in [1.165, 1.54) is 13.3 Å². The van der Waals surface area contributed by atoms with Crippen LogP contribution in [0.4, 0.5) is 5.69 Å². The molecule has 2 aromatic rings. The molecule has 0 unspecified atom stereocenters. The lowest BCUT2D eigenvalue weighted by molar-refractivity contribution is -0.139. The third-order valence-corrected chi connectivity index (χ3v) is 4.70. The fourth-order valence-corrected chi connectivity index (χ4v) is 3.05. The number of hydrogen-bond acceptors (Lipinski definition) is 7. The average Bonchev–Trinajstić information content (AvgIpc) is 3.36. The topological polar surface area (TPSA) is 127 Å². The van der Waals surface area contributed by atoms with Gasteiger partial charge in [-0.25, -0.2) is 5.43 Å². The quantitative estimate of drug-likeness (QED) is 0.299. The maximum atomic E-state index is 12.1. The van der Waals surface area contributed by atoms with Crippen molar-refractivity contribution in [3.63, 3.8) is 0 Å². The molecule has 1 aliphatic heterocycles. The van der Waals surface area contributed by atoms with E-state index < -0.39 is 11.8 Å². The van der Waals surface area contributed by atoms with Gasteiger partial charge in [0.2, 0.25) is 0 Å². The summed E-state index contributed by atoms with van der Waals surface area (Å²) >= 11 is 0. The van der Waals surface area contributed by atoms with Crippen molar-refractivity contribution in [2.24, 2.45) is 5.10 Å². The normalized spacial score (nSPS) is 15.1. The molecule has 0 bridgehead atoms. The van der Waals surface area contributed by atoms with Crippen molar-refractivity contribution in [1.82, 2.24) is 10.7 Å². The Labute approximate surface area is 191 Å². The van der Waals surface area contributed by atoms with Gasteiger partial charge in [0.05, 0.1) is 19.4 Å². The van der Waals surface area contributed by atoms with Gasteiger partial charge in [0, 0.05) is 18.8 Å². The van der Waals surface area contributed by atoms with Crippen LogP contribution in [0.2, 0.25) is 0 Å². The van der Waals surface area contributed by atoms with Crippen molar-refractivity contribution in [2.75, 3.05) is 32.2 Å². The lowest BCUT2D eigenvalue weighted by Crippen LogP contribution is -2.41. The lowest BCUT2D eigenvalue weighted by atomic mass is 10.2. The van der Waals surface area contributed by atoms with Crippen LogP contribution in [-0.4, -0.2) is 56.9 Å². The molecule has 3 rings (SSSR count). The second-order valence-corrected chi connectivity index (χ2v) is 7.16. The summed E-state index contributed by atoms with van der Waals surface area (Å²) in [6.45, 7) is 0.763. The summed E-state index contributed by atoms with van der Waals surface area (Å²) in [6.07, 6.45) is 3.12. The first-order valence-electron chi connectivity index (χ1n) is 10.4. The average molecular weight is 454 g/mol. The molecule has 1 fully saturated rings. The molecule has 1 aliphatic rings. The molecule has 33 heavy (non-hydrogen) atoms. The molecule has 2 aromatic carbocycles. The van der Waals surface area contributed by atoms with Gasteiger partial charge in [-0.2, -0.15) is 5.10 Å². The van der Waals surface area contributed by atoms with Crippen LogP contribution >= 0.6 is 0 Å². The fourth-order valence-electron chi connectivity index (χ4n) is 3.05. The van der Waals surface area contributed by atoms with Crippen molar-refractivity contribution in [2.45, 2.75) is 18.9 Å². The number of methoxy groups -OCH3 is 1. The predicted octanol–water partition coefficient (Wildman–Crippen LogP) is 1.46. The second-order valence-electron chi connectivity index (χ2n) is 7.16. The maximum Gasteiger partial charge on any atom is 0.329 e. The minimum Gasteiger partial charge on any atom is -0.493 e. The van der Waals surface area contributed by atoms with E-state index in [0.29, 0.717) is 29.4 Å². The Kier molecular flexibility index (Phi) is 8.78. The van der Waals surface area contributed by atoms with Crippen LogP contribution < -0.4 is 25.5 Å². The summed E-state index contributed by atoms with van der Waals surface area (Å²) < 4.78 is 16.2. The number of hydrazone groups is 1. The van der Waals surface area contributed by atoms with Crippen LogP contribution in [0.5, 0.6) is 11.5 Å². The molecule has 0 aromatic heterocycles. The van der Waals surface area contributed by atoms with Gasteiger partial charge < -0.3 is 24.8 Å². The predicted molar refractivity (Wildman–Crippen MR) is 121 cm³/mol. The molecular formula is C23H26N4O6. The molecule has 0 spiro atoms. The van der Waals surface area contributed by atoms with Crippen LogP contribution in [0.25, 0.3) is 0 Å². The molecule has 174 valence electrons. The Morgan fingerprint density at radius 2 is 1.94 bits per heavy atom. The van der Waals surface area contributed by atoms with Gasteiger partial charge in [-0.1, -0.05) is 18.2 Å². The molecule has 1 atom stereocenters. The monoisotopic (exact) mass is 454 g/mol. The number of carbonyl (C=O) groups excluding carboxylic acids is 3. The van der Waals surface area contributed by atoms with Crippen LogP contribution in [0, 0.1) is 0 Å². The van der Waals surface area contributed by atoms with Crippen molar-refractivity contribution >= 4 is 29.6 Å². The van der Waals surface area contributed by atoms with E-state index in [1.54, 1.807) is 30.3 Å². The van der Waals surface area contributed by atoms with Gasteiger partial charge in [-0.3, -0.25) is 14.4 Å². The molecule has 0 radical (unpaired) electrons. The van der Waals surface area contributed by atoms with E-state index in [0.717, 1.165) is 12.8 Å². The highest BCUT2D eigenvalue weighted by atomic mass is 16.5. The van der Waals surface area contributed by atoms with Crippen molar-refractivity contribution in [3.8, 4) is 11.5 Å². The molecule has 3 amide bonds. The number of para-hydroxylation sites is 1. The Bertz CT molecular complexity index is 990. The number of rotatable bonds is 9. The van der Waals surface area contributed by atoms with Gasteiger partial charge in [0.1, 0.15) is 0 Å². The van der Waals surface area contributed by atoms with Crippen molar-refractivity contribution in [1.29, 1.82) is 0 Å². The van der Waals surface area contributed by atoms with Gasteiger partial charge in [-0.05, 0) is 48.7 Å². The van der Waals surface area contributed by atoms with Gasteiger partial charge in [0.15, 0.2) is 18.1 Å². The third-order valence-electron chi connectivity index (χ3n) is 4.70. The van der Waals surface area contributed by atoms with E-state index in [1.807, 2.05) is 18.2 Å². The van der Waals surface area contributed by atoms with Crippen LogP contribution in [0.3, 0.4) is 0 Å². The zero-order chi connectivity index (χ0) is 23.5. The number of anilines is 1. The number of nitrogens with one attached hydrogen (secondary N) is 3. The molecule has 3 N–H and O–H groups in total. The Morgan fingerprint density at radius 1 is 1.12 bits per heavy atom. The molecule has 0 aliphatic carbocycles. The fraction of sp³-hybridized carbons (Fsp3) is 0.304. The number of amides is 3. The summed E-state index contributed by atoms with van der Waals surface area (Å²) in [4.78, 5) is 35.7. The maximum absolute atomic E-state index is 12.1. The Balaban J connectivity index is 1.46. The zero-order valence-electron chi connectivity index (χ0n) is 18.2.